The van der Waals surface area contributed by atoms with E-state index >= 15 is 0 Å². The second-order valence-electron chi connectivity index (χ2n) is 4.61. The Hall–Kier alpha value is -1.02. The van der Waals surface area contributed by atoms with E-state index in [-0.39, 0.29) is 0 Å². The molecular formula is C14H20O2. The molecule has 1 aliphatic rings. The Morgan fingerprint density at radius 3 is 2.38 bits per heavy atom. The zero-order valence-electron chi connectivity index (χ0n) is 9.91. The fraction of sp³-hybridized carbons (Fsp3) is 0.571. The molecule has 16 heavy (non-hydrogen) atoms. The molecule has 0 amide bonds. The van der Waals surface area contributed by atoms with Gasteiger partial charge in [-0.05, 0) is 37.0 Å². The summed E-state index contributed by atoms with van der Waals surface area (Å²) in [5.74, 6) is 0.896. The van der Waals surface area contributed by atoms with Crippen molar-refractivity contribution in [3.8, 4) is 5.75 Å². The lowest BCUT2D eigenvalue weighted by molar-refractivity contribution is 0.0444. The lowest BCUT2D eigenvalue weighted by Crippen LogP contribution is -2.20. The van der Waals surface area contributed by atoms with Gasteiger partial charge in [-0.3, -0.25) is 0 Å². The molecule has 1 aromatic rings. The number of rotatable bonds is 4. The van der Waals surface area contributed by atoms with Gasteiger partial charge in [-0.25, -0.2) is 0 Å². The maximum atomic E-state index is 10.4. The quantitative estimate of drug-likeness (QED) is 0.844. The summed E-state index contributed by atoms with van der Waals surface area (Å²) in [5.41, 5.74) is 0.456. The molecule has 1 fully saturated rings. The van der Waals surface area contributed by atoms with Gasteiger partial charge in [0.15, 0.2) is 0 Å². The van der Waals surface area contributed by atoms with Gasteiger partial charge in [-0.15, -0.1) is 0 Å². The van der Waals surface area contributed by atoms with Crippen molar-refractivity contribution in [1.82, 2.24) is 0 Å². The van der Waals surface area contributed by atoms with Crippen molar-refractivity contribution in [2.75, 3.05) is 6.61 Å². The molecule has 0 aromatic heterocycles. The zero-order chi connectivity index (χ0) is 11.4. The molecule has 1 aromatic carbocycles. The first-order valence-corrected chi connectivity index (χ1v) is 6.20. The van der Waals surface area contributed by atoms with E-state index in [4.69, 9.17) is 4.74 Å². The fourth-order valence-corrected chi connectivity index (χ4v) is 2.33. The first-order chi connectivity index (χ1) is 7.74. The third-order valence-corrected chi connectivity index (χ3v) is 3.30. The van der Waals surface area contributed by atoms with Crippen LogP contribution in [0, 0.1) is 0 Å². The molecule has 0 aliphatic heterocycles. The van der Waals surface area contributed by atoms with Crippen LogP contribution in [0.5, 0.6) is 5.75 Å². The van der Waals surface area contributed by atoms with Crippen LogP contribution in [0.1, 0.15) is 44.6 Å². The van der Waals surface area contributed by atoms with E-state index in [9.17, 15) is 5.11 Å². The molecule has 0 unspecified atom stereocenters. The van der Waals surface area contributed by atoms with Crippen LogP contribution in [-0.4, -0.2) is 11.7 Å². The average Bonchev–Trinajstić information content (AvgIpc) is 2.75. The van der Waals surface area contributed by atoms with Crippen molar-refractivity contribution in [2.45, 2.75) is 44.6 Å². The highest BCUT2D eigenvalue weighted by Crippen LogP contribution is 2.38. The van der Waals surface area contributed by atoms with Gasteiger partial charge >= 0.3 is 0 Å². The SMILES string of the molecule is CCCOc1ccc(C2(O)CCCC2)cc1. The third kappa shape index (κ3) is 2.38. The van der Waals surface area contributed by atoms with E-state index in [1.807, 2.05) is 24.3 Å². The molecule has 2 nitrogen and oxygen atoms in total. The summed E-state index contributed by atoms with van der Waals surface area (Å²) in [7, 11) is 0. The highest BCUT2D eigenvalue weighted by Gasteiger charge is 2.32. The monoisotopic (exact) mass is 220 g/mol. The summed E-state index contributed by atoms with van der Waals surface area (Å²) in [5, 5.41) is 10.4. The second kappa shape index (κ2) is 4.88. The molecule has 0 spiro atoms. The first kappa shape index (κ1) is 11.5. The van der Waals surface area contributed by atoms with Crippen LogP contribution in [0.15, 0.2) is 24.3 Å². The highest BCUT2D eigenvalue weighted by atomic mass is 16.5. The summed E-state index contributed by atoms with van der Waals surface area (Å²) in [4.78, 5) is 0. The number of hydrogen-bond donors (Lipinski definition) is 1. The van der Waals surface area contributed by atoms with Gasteiger partial charge in [-0.1, -0.05) is 31.9 Å². The normalized spacial score (nSPS) is 18.6. The van der Waals surface area contributed by atoms with Crippen molar-refractivity contribution in [2.24, 2.45) is 0 Å². The molecule has 1 aliphatic carbocycles. The number of benzene rings is 1. The maximum Gasteiger partial charge on any atom is 0.119 e. The minimum absolute atomic E-state index is 0.580. The Labute approximate surface area is 97.3 Å². The lowest BCUT2D eigenvalue weighted by Gasteiger charge is -2.22. The lowest BCUT2D eigenvalue weighted by atomic mass is 9.92. The highest BCUT2D eigenvalue weighted by molar-refractivity contribution is 5.31. The Bertz CT molecular complexity index is 323. The molecule has 2 rings (SSSR count). The smallest absolute Gasteiger partial charge is 0.119 e. The zero-order valence-corrected chi connectivity index (χ0v) is 9.91. The van der Waals surface area contributed by atoms with E-state index in [1.54, 1.807) is 0 Å². The minimum atomic E-state index is -0.580. The van der Waals surface area contributed by atoms with Crippen LogP contribution >= 0.6 is 0 Å². The summed E-state index contributed by atoms with van der Waals surface area (Å²) in [6.07, 6.45) is 5.06. The average molecular weight is 220 g/mol. The van der Waals surface area contributed by atoms with E-state index in [2.05, 4.69) is 6.92 Å². The van der Waals surface area contributed by atoms with Crippen molar-refractivity contribution in [3.63, 3.8) is 0 Å². The van der Waals surface area contributed by atoms with Crippen molar-refractivity contribution in [3.05, 3.63) is 29.8 Å². The van der Waals surface area contributed by atoms with Crippen LogP contribution in [0.4, 0.5) is 0 Å². The van der Waals surface area contributed by atoms with E-state index in [0.29, 0.717) is 0 Å². The predicted octanol–water partition coefficient (Wildman–Crippen LogP) is 3.24. The Morgan fingerprint density at radius 2 is 1.81 bits per heavy atom. The molecule has 0 heterocycles. The fourth-order valence-electron chi connectivity index (χ4n) is 2.33. The molecule has 0 bridgehead atoms. The predicted molar refractivity (Wildman–Crippen MR) is 64.6 cm³/mol. The van der Waals surface area contributed by atoms with Crippen molar-refractivity contribution in [1.29, 1.82) is 0 Å². The molecular weight excluding hydrogens is 200 g/mol. The molecule has 0 radical (unpaired) electrons. The molecule has 1 N–H and O–H groups in total. The standard InChI is InChI=1S/C14H20O2/c1-2-11-16-13-7-5-12(6-8-13)14(15)9-3-4-10-14/h5-8,15H,2-4,9-11H2,1H3. The topological polar surface area (TPSA) is 29.5 Å². The summed E-state index contributed by atoms with van der Waals surface area (Å²) >= 11 is 0. The molecule has 1 saturated carbocycles. The summed E-state index contributed by atoms with van der Waals surface area (Å²) in [6.45, 7) is 2.85. The van der Waals surface area contributed by atoms with Gasteiger partial charge in [0.1, 0.15) is 5.75 Å². The third-order valence-electron chi connectivity index (χ3n) is 3.30. The number of ether oxygens (including phenoxy) is 1. The van der Waals surface area contributed by atoms with E-state index in [1.165, 1.54) is 0 Å². The Morgan fingerprint density at radius 1 is 1.19 bits per heavy atom. The number of hydrogen-bond acceptors (Lipinski definition) is 2. The van der Waals surface area contributed by atoms with Crippen molar-refractivity contribution < 1.29 is 9.84 Å². The second-order valence-corrected chi connectivity index (χ2v) is 4.61. The van der Waals surface area contributed by atoms with Crippen LogP contribution in [-0.2, 0) is 5.60 Å². The van der Waals surface area contributed by atoms with Gasteiger partial charge in [-0.2, -0.15) is 0 Å². The van der Waals surface area contributed by atoms with Gasteiger partial charge in [0.25, 0.3) is 0 Å². The minimum Gasteiger partial charge on any atom is -0.494 e. The largest absolute Gasteiger partial charge is 0.494 e. The maximum absolute atomic E-state index is 10.4. The molecule has 0 saturated heterocycles. The van der Waals surface area contributed by atoms with Gasteiger partial charge in [0, 0.05) is 0 Å². The van der Waals surface area contributed by atoms with Gasteiger partial charge in [0.05, 0.1) is 12.2 Å². The van der Waals surface area contributed by atoms with Crippen LogP contribution < -0.4 is 4.74 Å². The summed E-state index contributed by atoms with van der Waals surface area (Å²) < 4.78 is 5.52. The Kier molecular flexibility index (Phi) is 3.49. The molecule has 2 heteroatoms. The number of aliphatic hydroxyl groups is 1. The van der Waals surface area contributed by atoms with Crippen LogP contribution in [0.2, 0.25) is 0 Å². The first-order valence-electron chi connectivity index (χ1n) is 6.20. The van der Waals surface area contributed by atoms with Gasteiger partial charge in [0.2, 0.25) is 0 Å². The van der Waals surface area contributed by atoms with Gasteiger partial charge < -0.3 is 9.84 Å². The Balaban J connectivity index is 2.06. The van der Waals surface area contributed by atoms with Crippen LogP contribution in [0.25, 0.3) is 0 Å². The van der Waals surface area contributed by atoms with Crippen molar-refractivity contribution >= 4 is 0 Å². The van der Waals surface area contributed by atoms with Crippen LogP contribution in [0.3, 0.4) is 0 Å². The van der Waals surface area contributed by atoms with E-state index < -0.39 is 5.60 Å². The summed E-state index contributed by atoms with van der Waals surface area (Å²) in [6, 6.07) is 7.91. The van der Waals surface area contributed by atoms with E-state index in [0.717, 1.165) is 50.0 Å². The molecule has 0 atom stereocenters. The molecule has 88 valence electrons.